The van der Waals surface area contributed by atoms with Crippen LogP contribution in [0.2, 0.25) is 0 Å². The summed E-state index contributed by atoms with van der Waals surface area (Å²) in [7, 11) is -4.74. The van der Waals surface area contributed by atoms with E-state index in [1.165, 1.54) is 0 Å². The Morgan fingerprint density at radius 2 is 1.53 bits per heavy atom. The summed E-state index contributed by atoms with van der Waals surface area (Å²) >= 11 is 0. The lowest BCUT2D eigenvalue weighted by Crippen LogP contribution is -2.25. The van der Waals surface area contributed by atoms with Crippen molar-refractivity contribution in [3.8, 4) is 0 Å². The summed E-state index contributed by atoms with van der Waals surface area (Å²) in [6.45, 7) is 6.09. The molecule has 0 saturated heterocycles. The van der Waals surface area contributed by atoms with Gasteiger partial charge in [-0.2, -0.15) is 0 Å². The molecule has 0 aliphatic heterocycles. The van der Waals surface area contributed by atoms with Crippen LogP contribution < -0.4 is 6.15 Å². The predicted molar refractivity (Wildman–Crippen MR) is 56.0 cm³/mol. The van der Waals surface area contributed by atoms with Gasteiger partial charge in [-0.3, -0.25) is 0 Å². The lowest BCUT2D eigenvalue weighted by molar-refractivity contribution is -0.232. The molecule has 0 aliphatic carbocycles. The standard InChI is InChI=1S/C8H18O5S.H3N/c1-4-8(5-2,6-3)7-12-13-14(9,10)11;/h4-7H2,1-3H3,(H,9,10,11);1H3. The van der Waals surface area contributed by atoms with E-state index in [4.69, 9.17) is 0 Å². The van der Waals surface area contributed by atoms with Crippen molar-refractivity contribution in [2.24, 2.45) is 5.41 Å². The highest BCUT2D eigenvalue weighted by molar-refractivity contribution is 7.80. The first kappa shape index (κ1) is 17.2. The van der Waals surface area contributed by atoms with Crippen LogP contribution in [0.3, 0.4) is 0 Å². The Morgan fingerprint density at radius 1 is 1.13 bits per heavy atom. The molecule has 0 bridgehead atoms. The average Bonchev–Trinajstić information content (AvgIpc) is 2.11. The van der Waals surface area contributed by atoms with Crippen LogP contribution in [0.15, 0.2) is 0 Å². The molecular weight excluding hydrogens is 222 g/mol. The quantitative estimate of drug-likeness (QED) is 0.318. The highest BCUT2D eigenvalue weighted by atomic mass is 32.3. The van der Waals surface area contributed by atoms with Crippen molar-refractivity contribution < 1.29 is 22.2 Å². The third-order valence-corrected chi connectivity index (χ3v) is 3.01. The molecule has 0 saturated carbocycles. The largest absolute Gasteiger partial charge is 0.724 e. The van der Waals surface area contributed by atoms with Crippen LogP contribution in [0.4, 0.5) is 0 Å². The zero-order valence-electron chi connectivity index (χ0n) is 9.78. The van der Waals surface area contributed by atoms with Crippen molar-refractivity contribution in [1.29, 1.82) is 0 Å². The van der Waals surface area contributed by atoms with Gasteiger partial charge < -0.3 is 10.7 Å². The van der Waals surface area contributed by atoms with E-state index in [1.807, 2.05) is 20.8 Å². The first-order valence-electron chi connectivity index (χ1n) is 4.66. The number of rotatable bonds is 7. The minimum Gasteiger partial charge on any atom is -0.724 e. The molecule has 6 nitrogen and oxygen atoms in total. The van der Waals surface area contributed by atoms with E-state index < -0.39 is 10.4 Å². The molecule has 0 aromatic carbocycles. The van der Waals surface area contributed by atoms with E-state index in [1.54, 1.807) is 0 Å². The van der Waals surface area contributed by atoms with Gasteiger partial charge in [0.1, 0.15) is 0 Å². The molecule has 7 heteroatoms. The molecule has 0 aromatic rings. The van der Waals surface area contributed by atoms with Gasteiger partial charge in [-0.05, 0) is 24.7 Å². The number of quaternary nitrogens is 1. The van der Waals surface area contributed by atoms with Gasteiger partial charge in [0.25, 0.3) is 0 Å². The van der Waals surface area contributed by atoms with E-state index in [2.05, 4.69) is 9.22 Å². The molecule has 94 valence electrons. The maximum Gasteiger partial charge on any atom is 0.245 e. The molecule has 15 heavy (non-hydrogen) atoms. The molecule has 0 atom stereocenters. The van der Waals surface area contributed by atoms with Crippen molar-refractivity contribution in [3.63, 3.8) is 0 Å². The first-order valence-corrected chi connectivity index (χ1v) is 5.99. The maximum atomic E-state index is 10.1. The van der Waals surface area contributed by atoms with Gasteiger partial charge in [0.15, 0.2) is 0 Å². The number of hydrogen-bond donors (Lipinski definition) is 1. The second kappa shape index (κ2) is 7.13. The van der Waals surface area contributed by atoms with E-state index in [-0.39, 0.29) is 18.2 Å². The summed E-state index contributed by atoms with van der Waals surface area (Å²) in [5.41, 5.74) is -0.106. The fraction of sp³-hybridized carbons (Fsp3) is 1.00. The lowest BCUT2D eigenvalue weighted by atomic mass is 9.81. The molecule has 0 radical (unpaired) electrons. The first-order chi connectivity index (χ1) is 6.39. The van der Waals surface area contributed by atoms with Gasteiger partial charge in [-0.15, -0.1) is 4.33 Å². The van der Waals surface area contributed by atoms with Crippen molar-refractivity contribution in [3.05, 3.63) is 0 Å². The summed E-state index contributed by atoms with van der Waals surface area (Å²) in [6, 6.07) is 0. The Hall–Kier alpha value is -0.210. The van der Waals surface area contributed by atoms with E-state index >= 15 is 0 Å². The van der Waals surface area contributed by atoms with E-state index in [0.717, 1.165) is 19.3 Å². The molecule has 0 unspecified atom stereocenters. The average molecular weight is 243 g/mol. The van der Waals surface area contributed by atoms with Gasteiger partial charge in [0.05, 0.1) is 6.61 Å². The lowest BCUT2D eigenvalue weighted by Gasteiger charge is -2.29. The SMILES string of the molecule is CCC(CC)(CC)COOS(=O)(=O)[O-].[NH4+]. The Morgan fingerprint density at radius 3 is 1.80 bits per heavy atom. The van der Waals surface area contributed by atoms with Crippen LogP contribution in [0.5, 0.6) is 0 Å². The Balaban J connectivity index is 0. The van der Waals surface area contributed by atoms with Crippen molar-refractivity contribution in [2.75, 3.05) is 6.61 Å². The maximum absolute atomic E-state index is 10.1. The minimum absolute atomic E-state index is 0. The summed E-state index contributed by atoms with van der Waals surface area (Å²) in [6.07, 6.45) is 2.55. The van der Waals surface area contributed by atoms with Crippen molar-refractivity contribution in [2.45, 2.75) is 40.0 Å². The summed E-state index contributed by atoms with van der Waals surface area (Å²) in [4.78, 5) is 4.44. The van der Waals surface area contributed by atoms with Crippen LogP contribution in [0.25, 0.3) is 0 Å². The fourth-order valence-electron chi connectivity index (χ4n) is 1.26. The third kappa shape index (κ3) is 6.80. The monoisotopic (exact) mass is 243 g/mol. The molecule has 0 fully saturated rings. The zero-order valence-corrected chi connectivity index (χ0v) is 10.6. The van der Waals surface area contributed by atoms with Crippen molar-refractivity contribution >= 4 is 10.4 Å². The Labute approximate surface area is 91.4 Å². The second-order valence-electron chi connectivity index (χ2n) is 3.30. The summed E-state index contributed by atoms with van der Waals surface area (Å²) < 4.78 is 33.9. The summed E-state index contributed by atoms with van der Waals surface area (Å²) in [5.74, 6) is 0. The molecule has 0 spiro atoms. The molecule has 0 amide bonds. The minimum atomic E-state index is -4.74. The molecule has 0 heterocycles. The smallest absolute Gasteiger partial charge is 0.245 e. The van der Waals surface area contributed by atoms with Gasteiger partial charge in [0, 0.05) is 0 Å². The Bertz CT molecular complexity index is 239. The predicted octanol–water partition coefficient (Wildman–Crippen LogP) is 1.99. The van der Waals surface area contributed by atoms with Gasteiger partial charge in [-0.25, -0.2) is 13.3 Å². The number of hydrogen-bond acceptors (Lipinski definition) is 5. The van der Waals surface area contributed by atoms with Crippen LogP contribution in [0, 0.1) is 5.41 Å². The Kier molecular flexibility index (Phi) is 8.17. The van der Waals surface area contributed by atoms with Crippen LogP contribution in [-0.2, 0) is 19.6 Å². The second-order valence-corrected chi connectivity index (χ2v) is 4.25. The van der Waals surface area contributed by atoms with E-state index in [9.17, 15) is 13.0 Å². The summed E-state index contributed by atoms with van der Waals surface area (Å²) in [5, 5.41) is 0. The molecule has 0 aliphatic rings. The van der Waals surface area contributed by atoms with Gasteiger partial charge >= 0.3 is 0 Å². The third-order valence-electron chi connectivity index (χ3n) is 2.75. The fourth-order valence-corrected chi connectivity index (χ4v) is 1.43. The molecule has 0 rings (SSSR count). The highest BCUT2D eigenvalue weighted by Crippen LogP contribution is 2.30. The van der Waals surface area contributed by atoms with Gasteiger partial charge in [0.2, 0.25) is 10.4 Å². The van der Waals surface area contributed by atoms with Crippen LogP contribution >= 0.6 is 0 Å². The normalized spacial score (nSPS) is 12.3. The topological polar surface area (TPSA) is 112 Å². The highest BCUT2D eigenvalue weighted by Gasteiger charge is 2.25. The van der Waals surface area contributed by atoms with Crippen LogP contribution in [-0.4, -0.2) is 19.6 Å². The molecular formula is C8H21NO5S. The van der Waals surface area contributed by atoms with E-state index in [0.29, 0.717) is 0 Å². The molecule has 0 aromatic heterocycles. The zero-order chi connectivity index (χ0) is 11.2. The van der Waals surface area contributed by atoms with Crippen LogP contribution in [0.1, 0.15) is 40.0 Å². The van der Waals surface area contributed by atoms with Gasteiger partial charge in [-0.1, -0.05) is 20.8 Å². The van der Waals surface area contributed by atoms with Crippen molar-refractivity contribution in [1.82, 2.24) is 6.15 Å². The molecule has 4 N–H and O–H groups in total.